The monoisotopic (exact) mass is 209 g/mol. The van der Waals surface area contributed by atoms with Crippen molar-refractivity contribution in [2.45, 2.75) is 33.4 Å². The lowest BCUT2D eigenvalue weighted by Gasteiger charge is -2.09. The number of nitrogens with one attached hydrogen (secondary N) is 1. The van der Waals surface area contributed by atoms with Gasteiger partial charge in [0.15, 0.2) is 11.6 Å². The van der Waals surface area contributed by atoms with Gasteiger partial charge >= 0.3 is 0 Å². The number of carbonyl (C=O) groups excluding carboxylic acids is 2. The smallest absolute Gasteiger partial charge is 0.240 e. The van der Waals surface area contributed by atoms with Crippen molar-refractivity contribution in [1.29, 1.82) is 0 Å². The van der Waals surface area contributed by atoms with Gasteiger partial charge in [0.1, 0.15) is 6.54 Å². The van der Waals surface area contributed by atoms with E-state index in [4.69, 9.17) is 0 Å². The van der Waals surface area contributed by atoms with Crippen LogP contribution in [0.2, 0.25) is 0 Å². The first-order valence-electron chi connectivity index (χ1n) is 4.82. The van der Waals surface area contributed by atoms with Crippen LogP contribution in [0, 0.1) is 0 Å². The first kappa shape index (κ1) is 11.4. The maximum atomic E-state index is 11.4. The van der Waals surface area contributed by atoms with E-state index in [0.717, 1.165) is 0 Å². The van der Waals surface area contributed by atoms with Gasteiger partial charge in [0.2, 0.25) is 5.91 Å². The number of hydrogen-bond donors (Lipinski definition) is 1. The van der Waals surface area contributed by atoms with Gasteiger partial charge in [-0.05, 0) is 13.8 Å². The SMILES string of the molecule is CC(=O)c1nccn1CC(=O)NC(C)C. The van der Waals surface area contributed by atoms with Crippen LogP contribution in [0.15, 0.2) is 12.4 Å². The lowest BCUT2D eigenvalue weighted by atomic mass is 10.3. The average molecular weight is 209 g/mol. The maximum absolute atomic E-state index is 11.4. The fraction of sp³-hybridized carbons (Fsp3) is 0.500. The zero-order chi connectivity index (χ0) is 11.4. The Morgan fingerprint density at radius 2 is 2.20 bits per heavy atom. The van der Waals surface area contributed by atoms with Crippen LogP contribution in [-0.4, -0.2) is 27.3 Å². The van der Waals surface area contributed by atoms with Crippen molar-refractivity contribution in [2.24, 2.45) is 0 Å². The normalized spacial score (nSPS) is 10.4. The highest BCUT2D eigenvalue weighted by Crippen LogP contribution is 1.98. The summed E-state index contributed by atoms with van der Waals surface area (Å²) in [5.41, 5.74) is 0. The second-order valence-corrected chi connectivity index (χ2v) is 3.66. The lowest BCUT2D eigenvalue weighted by Crippen LogP contribution is -2.33. The van der Waals surface area contributed by atoms with E-state index in [-0.39, 0.29) is 24.3 Å². The number of hydrogen-bond acceptors (Lipinski definition) is 3. The first-order valence-corrected chi connectivity index (χ1v) is 4.82. The van der Waals surface area contributed by atoms with Gasteiger partial charge in [-0.15, -0.1) is 0 Å². The van der Waals surface area contributed by atoms with Crippen LogP contribution in [0.3, 0.4) is 0 Å². The summed E-state index contributed by atoms with van der Waals surface area (Å²) in [6.45, 7) is 5.33. The van der Waals surface area contributed by atoms with Crippen LogP contribution in [0.1, 0.15) is 31.4 Å². The van der Waals surface area contributed by atoms with Crippen molar-refractivity contribution in [3.05, 3.63) is 18.2 Å². The van der Waals surface area contributed by atoms with Gasteiger partial charge in [0.05, 0.1) is 0 Å². The molecule has 0 radical (unpaired) electrons. The second-order valence-electron chi connectivity index (χ2n) is 3.66. The molecule has 1 aromatic heterocycles. The van der Waals surface area contributed by atoms with Gasteiger partial charge in [0.25, 0.3) is 0 Å². The molecule has 1 rings (SSSR count). The summed E-state index contributed by atoms with van der Waals surface area (Å²) in [6.07, 6.45) is 3.13. The highest BCUT2D eigenvalue weighted by atomic mass is 16.2. The Bertz CT molecular complexity index is 368. The third kappa shape index (κ3) is 3.19. The number of imidazole rings is 1. The molecule has 1 N–H and O–H groups in total. The molecule has 5 heteroatoms. The molecular weight excluding hydrogens is 194 g/mol. The van der Waals surface area contributed by atoms with E-state index in [0.29, 0.717) is 5.82 Å². The second kappa shape index (κ2) is 4.72. The number of aromatic nitrogens is 2. The van der Waals surface area contributed by atoms with Crippen molar-refractivity contribution in [3.63, 3.8) is 0 Å². The van der Waals surface area contributed by atoms with Crippen molar-refractivity contribution >= 4 is 11.7 Å². The van der Waals surface area contributed by atoms with Crippen molar-refractivity contribution < 1.29 is 9.59 Å². The summed E-state index contributed by atoms with van der Waals surface area (Å²) in [5.74, 6) is 0.0525. The van der Waals surface area contributed by atoms with Crippen LogP contribution in [0.25, 0.3) is 0 Å². The topological polar surface area (TPSA) is 64.0 Å². The number of Topliss-reactive ketones (excluding diaryl/α,β-unsaturated/α-hetero) is 1. The average Bonchev–Trinajstić information content (AvgIpc) is 2.50. The molecule has 0 fully saturated rings. The molecule has 5 nitrogen and oxygen atoms in total. The largest absolute Gasteiger partial charge is 0.352 e. The standard InChI is InChI=1S/C10H15N3O2/c1-7(2)12-9(15)6-13-5-4-11-10(13)8(3)14/h4-5,7H,6H2,1-3H3,(H,12,15). The third-order valence-electron chi connectivity index (χ3n) is 1.79. The fourth-order valence-corrected chi connectivity index (χ4v) is 1.27. The van der Waals surface area contributed by atoms with Gasteiger partial charge in [-0.25, -0.2) is 4.98 Å². The number of amides is 1. The predicted molar refractivity (Wildman–Crippen MR) is 55.5 cm³/mol. The molecule has 0 aliphatic rings. The van der Waals surface area contributed by atoms with Crippen molar-refractivity contribution in [2.75, 3.05) is 0 Å². The van der Waals surface area contributed by atoms with Crippen LogP contribution < -0.4 is 5.32 Å². The number of carbonyl (C=O) groups is 2. The van der Waals surface area contributed by atoms with E-state index in [2.05, 4.69) is 10.3 Å². The van der Waals surface area contributed by atoms with Gasteiger partial charge in [-0.1, -0.05) is 0 Å². The summed E-state index contributed by atoms with van der Waals surface area (Å²) in [7, 11) is 0. The molecular formula is C10H15N3O2. The molecule has 82 valence electrons. The van der Waals surface area contributed by atoms with Gasteiger partial charge in [0, 0.05) is 25.4 Å². The molecule has 0 bridgehead atoms. The molecule has 0 saturated carbocycles. The van der Waals surface area contributed by atoms with E-state index >= 15 is 0 Å². The van der Waals surface area contributed by atoms with E-state index in [1.807, 2.05) is 13.8 Å². The number of ketones is 1. The van der Waals surface area contributed by atoms with Crippen molar-refractivity contribution in [1.82, 2.24) is 14.9 Å². The van der Waals surface area contributed by atoms with Gasteiger partial charge in [-0.2, -0.15) is 0 Å². The fourth-order valence-electron chi connectivity index (χ4n) is 1.27. The zero-order valence-corrected chi connectivity index (χ0v) is 9.15. The van der Waals surface area contributed by atoms with E-state index < -0.39 is 0 Å². The molecule has 1 heterocycles. The molecule has 0 aliphatic heterocycles. The van der Waals surface area contributed by atoms with E-state index in [1.54, 1.807) is 10.8 Å². The lowest BCUT2D eigenvalue weighted by molar-refractivity contribution is -0.122. The highest BCUT2D eigenvalue weighted by Gasteiger charge is 2.11. The van der Waals surface area contributed by atoms with E-state index in [9.17, 15) is 9.59 Å². The molecule has 0 spiro atoms. The summed E-state index contributed by atoms with van der Waals surface area (Å²) in [4.78, 5) is 26.4. The summed E-state index contributed by atoms with van der Waals surface area (Å²) < 4.78 is 1.54. The molecule has 1 amide bonds. The number of rotatable bonds is 4. The summed E-state index contributed by atoms with van der Waals surface area (Å²) in [6, 6.07) is 0.0989. The van der Waals surface area contributed by atoms with Crippen LogP contribution in [0.4, 0.5) is 0 Å². The Hall–Kier alpha value is -1.65. The van der Waals surface area contributed by atoms with Crippen molar-refractivity contribution in [3.8, 4) is 0 Å². The summed E-state index contributed by atoms with van der Waals surface area (Å²) >= 11 is 0. The molecule has 0 aliphatic carbocycles. The Kier molecular flexibility index (Phi) is 3.60. The third-order valence-corrected chi connectivity index (χ3v) is 1.79. The molecule has 0 aromatic carbocycles. The van der Waals surface area contributed by atoms with Gasteiger partial charge < -0.3 is 9.88 Å². The zero-order valence-electron chi connectivity index (χ0n) is 9.15. The Balaban J connectivity index is 2.68. The first-order chi connectivity index (χ1) is 7.00. The minimum Gasteiger partial charge on any atom is -0.352 e. The van der Waals surface area contributed by atoms with Gasteiger partial charge in [-0.3, -0.25) is 9.59 Å². The quantitative estimate of drug-likeness (QED) is 0.739. The predicted octanol–water partition coefficient (Wildman–Crippen LogP) is 0.610. The van der Waals surface area contributed by atoms with Crippen LogP contribution in [0.5, 0.6) is 0 Å². The Labute approximate surface area is 88.5 Å². The van der Waals surface area contributed by atoms with E-state index in [1.165, 1.54) is 13.1 Å². The Morgan fingerprint density at radius 1 is 1.53 bits per heavy atom. The molecule has 0 atom stereocenters. The molecule has 0 unspecified atom stereocenters. The van der Waals surface area contributed by atoms with Crippen LogP contribution >= 0.6 is 0 Å². The molecule has 0 saturated heterocycles. The minimum atomic E-state index is -0.141. The minimum absolute atomic E-state index is 0.0989. The maximum Gasteiger partial charge on any atom is 0.240 e. The number of nitrogens with zero attached hydrogens (tertiary/aromatic N) is 2. The summed E-state index contributed by atoms with van der Waals surface area (Å²) in [5, 5.41) is 2.75. The molecule has 15 heavy (non-hydrogen) atoms. The molecule has 1 aromatic rings. The Morgan fingerprint density at radius 3 is 2.73 bits per heavy atom. The van der Waals surface area contributed by atoms with Crippen LogP contribution in [-0.2, 0) is 11.3 Å². The highest BCUT2D eigenvalue weighted by molar-refractivity contribution is 5.91.